The van der Waals surface area contributed by atoms with Crippen LogP contribution < -0.4 is 0 Å². The number of unbranched alkanes of at least 4 members (excludes halogenated alkanes) is 1. The maximum Gasteiger partial charge on any atom is 0.0236 e. The topological polar surface area (TPSA) is 3.24 Å². The molecule has 1 heterocycles. The predicted octanol–water partition coefficient (Wildman–Crippen LogP) is 3.97. The van der Waals surface area contributed by atoms with Gasteiger partial charge in [-0.1, -0.05) is 45.4 Å². The van der Waals surface area contributed by atoms with Gasteiger partial charge >= 0.3 is 0 Å². The second-order valence-corrected chi connectivity index (χ2v) is 5.52. The normalized spacial score (nSPS) is 16.2. The maximum absolute atomic E-state index is 2.61. The highest BCUT2D eigenvalue weighted by Gasteiger charge is 2.18. The molecular weight excluding hydrogens is 206 g/mol. The zero-order valence-corrected chi connectivity index (χ0v) is 11.5. The minimum Gasteiger partial charge on any atom is -0.299 e. The number of fused-ring (bicyclic) bond motifs is 1. The summed E-state index contributed by atoms with van der Waals surface area (Å²) >= 11 is 0. The Balaban J connectivity index is 2.13. The summed E-state index contributed by atoms with van der Waals surface area (Å²) in [5.74, 6) is 0.659. The molecule has 0 aromatic heterocycles. The molecule has 94 valence electrons. The van der Waals surface area contributed by atoms with Gasteiger partial charge in [-0.3, -0.25) is 4.90 Å². The molecule has 1 nitrogen and oxygen atoms in total. The van der Waals surface area contributed by atoms with Crippen molar-refractivity contribution >= 4 is 0 Å². The van der Waals surface area contributed by atoms with Crippen LogP contribution in [0, 0.1) is 0 Å². The number of nitrogens with zero attached hydrogens (tertiary/aromatic N) is 1. The molecule has 0 spiro atoms. The summed E-state index contributed by atoms with van der Waals surface area (Å²) in [6.45, 7) is 10.6. The van der Waals surface area contributed by atoms with E-state index < -0.39 is 0 Å². The van der Waals surface area contributed by atoms with Crippen molar-refractivity contribution in [1.82, 2.24) is 4.90 Å². The van der Waals surface area contributed by atoms with Crippen molar-refractivity contribution in [3.05, 3.63) is 34.9 Å². The SMILES string of the molecule is CCCCN1CCc2c(cccc2C(C)C)C1. The smallest absolute Gasteiger partial charge is 0.0236 e. The van der Waals surface area contributed by atoms with Crippen LogP contribution >= 0.6 is 0 Å². The summed E-state index contributed by atoms with van der Waals surface area (Å²) < 4.78 is 0. The molecule has 1 aromatic rings. The van der Waals surface area contributed by atoms with Crippen LogP contribution in [0.15, 0.2) is 18.2 Å². The van der Waals surface area contributed by atoms with Crippen molar-refractivity contribution < 1.29 is 0 Å². The summed E-state index contributed by atoms with van der Waals surface area (Å²) in [6, 6.07) is 6.86. The van der Waals surface area contributed by atoms with Gasteiger partial charge in [0, 0.05) is 13.1 Å². The Hall–Kier alpha value is -0.820. The summed E-state index contributed by atoms with van der Waals surface area (Å²) in [5.41, 5.74) is 4.77. The Kier molecular flexibility index (Phi) is 4.22. The minimum absolute atomic E-state index is 0.659. The monoisotopic (exact) mass is 231 g/mol. The summed E-state index contributed by atoms with van der Waals surface area (Å²) in [5, 5.41) is 0. The molecule has 17 heavy (non-hydrogen) atoms. The zero-order chi connectivity index (χ0) is 12.3. The lowest BCUT2D eigenvalue weighted by Crippen LogP contribution is -2.32. The van der Waals surface area contributed by atoms with Crippen LogP contribution in [-0.2, 0) is 13.0 Å². The standard InChI is InChI=1S/C16H25N/c1-4-5-10-17-11-9-16-14(12-17)7-6-8-15(16)13(2)3/h6-8,13H,4-5,9-12H2,1-3H3. The maximum atomic E-state index is 2.61. The van der Waals surface area contributed by atoms with Gasteiger partial charge in [0.25, 0.3) is 0 Å². The Morgan fingerprint density at radius 1 is 1.29 bits per heavy atom. The number of hydrogen-bond acceptors (Lipinski definition) is 1. The molecule has 0 N–H and O–H groups in total. The van der Waals surface area contributed by atoms with Gasteiger partial charge in [-0.2, -0.15) is 0 Å². The molecule has 0 unspecified atom stereocenters. The van der Waals surface area contributed by atoms with Crippen LogP contribution in [0.5, 0.6) is 0 Å². The van der Waals surface area contributed by atoms with E-state index in [-0.39, 0.29) is 0 Å². The van der Waals surface area contributed by atoms with E-state index >= 15 is 0 Å². The molecular formula is C16H25N. The van der Waals surface area contributed by atoms with Crippen LogP contribution in [0.4, 0.5) is 0 Å². The van der Waals surface area contributed by atoms with E-state index in [9.17, 15) is 0 Å². The number of benzene rings is 1. The molecule has 2 rings (SSSR count). The second kappa shape index (κ2) is 5.68. The van der Waals surface area contributed by atoms with Gasteiger partial charge in [0.1, 0.15) is 0 Å². The fourth-order valence-corrected chi connectivity index (χ4v) is 2.81. The average molecular weight is 231 g/mol. The zero-order valence-electron chi connectivity index (χ0n) is 11.5. The Morgan fingerprint density at radius 2 is 2.12 bits per heavy atom. The lowest BCUT2D eigenvalue weighted by atomic mass is 9.89. The third-order valence-corrected chi connectivity index (χ3v) is 3.83. The Morgan fingerprint density at radius 3 is 2.82 bits per heavy atom. The van der Waals surface area contributed by atoms with Gasteiger partial charge in [-0.05, 0) is 42.0 Å². The van der Waals surface area contributed by atoms with Crippen LogP contribution in [0.3, 0.4) is 0 Å². The fraction of sp³-hybridized carbons (Fsp3) is 0.625. The van der Waals surface area contributed by atoms with Crippen molar-refractivity contribution in [2.24, 2.45) is 0 Å². The molecule has 0 bridgehead atoms. The summed E-state index contributed by atoms with van der Waals surface area (Å²) in [7, 11) is 0. The van der Waals surface area contributed by atoms with Gasteiger partial charge in [0.2, 0.25) is 0 Å². The van der Waals surface area contributed by atoms with E-state index in [4.69, 9.17) is 0 Å². The van der Waals surface area contributed by atoms with E-state index in [1.807, 2.05) is 0 Å². The van der Waals surface area contributed by atoms with Crippen molar-refractivity contribution in [2.75, 3.05) is 13.1 Å². The van der Waals surface area contributed by atoms with Crippen molar-refractivity contribution in [3.8, 4) is 0 Å². The molecule has 1 aromatic carbocycles. The predicted molar refractivity (Wildman–Crippen MR) is 74.4 cm³/mol. The van der Waals surface area contributed by atoms with E-state index in [2.05, 4.69) is 43.9 Å². The summed E-state index contributed by atoms with van der Waals surface area (Å²) in [4.78, 5) is 2.61. The first-order chi connectivity index (χ1) is 8.22. The lowest BCUT2D eigenvalue weighted by Gasteiger charge is -2.30. The van der Waals surface area contributed by atoms with E-state index in [0.29, 0.717) is 5.92 Å². The van der Waals surface area contributed by atoms with Gasteiger partial charge in [-0.15, -0.1) is 0 Å². The molecule has 0 aliphatic carbocycles. The molecule has 1 aliphatic rings. The minimum atomic E-state index is 0.659. The molecule has 1 aliphatic heterocycles. The first kappa shape index (κ1) is 12.6. The molecule has 0 radical (unpaired) electrons. The number of hydrogen-bond donors (Lipinski definition) is 0. The average Bonchev–Trinajstić information content (AvgIpc) is 2.35. The van der Waals surface area contributed by atoms with Crippen molar-refractivity contribution in [3.63, 3.8) is 0 Å². The second-order valence-electron chi connectivity index (χ2n) is 5.52. The first-order valence-corrected chi connectivity index (χ1v) is 7.05. The van der Waals surface area contributed by atoms with Gasteiger partial charge in [0.05, 0.1) is 0 Å². The Labute approximate surface area is 106 Å². The van der Waals surface area contributed by atoms with Crippen LogP contribution in [0.25, 0.3) is 0 Å². The van der Waals surface area contributed by atoms with Crippen molar-refractivity contribution in [2.45, 2.75) is 52.5 Å². The van der Waals surface area contributed by atoms with Gasteiger partial charge in [-0.25, -0.2) is 0 Å². The van der Waals surface area contributed by atoms with E-state index in [0.717, 1.165) is 6.54 Å². The van der Waals surface area contributed by atoms with Gasteiger partial charge in [0.15, 0.2) is 0 Å². The highest BCUT2D eigenvalue weighted by molar-refractivity contribution is 5.38. The van der Waals surface area contributed by atoms with Crippen LogP contribution in [-0.4, -0.2) is 18.0 Å². The third-order valence-electron chi connectivity index (χ3n) is 3.83. The quantitative estimate of drug-likeness (QED) is 0.758. The highest BCUT2D eigenvalue weighted by Crippen LogP contribution is 2.27. The largest absolute Gasteiger partial charge is 0.299 e. The fourth-order valence-electron chi connectivity index (χ4n) is 2.81. The van der Waals surface area contributed by atoms with Gasteiger partial charge < -0.3 is 0 Å². The third kappa shape index (κ3) is 2.90. The lowest BCUT2D eigenvalue weighted by molar-refractivity contribution is 0.249. The van der Waals surface area contributed by atoms with Crippen LogP contribution in [0.1, 0.15) is 56.2 Å². The Bertz CT molecular complexity index is 368. The van der Waals surface area contributed by atoms with E-state index in [1.54, 1.807) is 16.7 Å². The van der Waals surface area contributed by atoms with Crippen molar-refractivity contribution in [1.29, 1.82) is 0 Å². The molecule has 0 atom stereocenters. The van der Waals surface area contributed by atoms with Crippen LogP contribution in [0.2, 0.25) is 0 Å². The molecule has 0 fully saturated rings. The highest BCUT2D eigenvalue weighted by atomic mass is 15.1. The molecule has 0 saturated carbocycles. The number of rotatable bonds is 4. The summed E-state index contributed by atoms with van der Waals surface area (Å²) in [6.07, 6.45) is 3.88. The first-order valence-electron chi connectivity index (χ1n) is 7.05. The molecule has 0 amide bonds. The van der Waals surface area contributed by atoms with E-state index in [1.165, 1.54) is 32.4 Å². The molecule has 0 saturated heterocycles. The molecule has 1 heteroatoms.